The Balaban J connectivity index is 2.03. The molecule has 3 rings (SSSR count). The van der Waals surface area contributed by atoms with Gasteiger partial charge in [-0.1, -0.05) is 60.2 Å². The molecule has 1 aliphatic rings. The summed E-state index contributed by atoms with van der Waals surface area (Å²) in [5, 5.41) is 10.9. The molecule has 1 N–H and O–H groups in total. The molecule has 1 atom stereocenters. The number of likely N-dealkylation sites (tertiary alicyclic amines) is 1. The van der Waals surface area contributed by atoms with Crippen LogP contribution in [0.15, 0.2) is 60.2 Å². The predicted octanol–water partition coefficient (Wildman–Crippen LogP) is 3.84. The second kappa shape index (κ2) is 8.85. The van der Waals surface area contributed by atoms with Crippen LogP contribution >= 0.6 is 0 Å². The van der Waals surface area contributed by atoms with E-state index in [4.69, 9.17) is 4.74 Å². The van der Waals surface area contributed by atoms with E-state index < -0.39 is 17.7 Å². The van der Waals surface area contributed by atoms with Crippen LogP contribution in [0.3, 0.4) is 0 Å². The van der Waals surface area contributed by atoms with Gasteiger partial charge in [-0.25, -0.2) is 0 Å². The number of Topliss-reactive ketones (excluding diaryl/α,β-unsaturated/α-hetero) is 1. The third kappa shape index (κ3) is 3.99. The van der Waals surface area contributed by atoms with Gasteiger partial charge >= 0.3 is 0 Å². The van der Waals surface area contributed by atoms with Crippen molar-refractivity contribution in [3.63, 3.8) is 0 Å². The normalized spacial score (nSPS) is 18.6. The third-order valence-electron chi connectivity index (χ3n) is 4.87. The van der Waals surface area contributed by atoms with Crippen LogP contribution in [0.25, 0.3) is 5.76 Å². The number of carbonyl (C=O) groups excluding carboxylic acids is 2. The first-order chi connectivity index (χ1) is 13.5. The molecule has 0 unspecified atom stereocenters. The van der Waals surface area contributed by atoms with Gasteiger partial charge in [-0.3, -0.25) is 9.59 Å². The van der Waals surface area contributed by atoms with E-state index in [0.29, 0.717) is 31.7 Å². The molecule has 146 valence electrons. The van der Waals surface area contributed by atoms with E-state index in [2.05, 4.69) is 0 Å². The van der Waals surface area contributed by atoms with Gasteiger partial charge in [0.05, 0.1) is 11.6 Å². The topological polar surface area (TPSA) is 66.8 Å². The zero-order valence-electron chi connectivity index (χ0n) is 16.2. The van der Waals surface area contributed by atoms with Crippen LogP contribution in [-0.4, -0.2) is 41.5 Å². The number of benzene rings is 2. The maximum absolute atomic E-state index is 12.8. The maximum Gasteiger partial charge on any atom is 0.295 e. The zero-order valence-corrected chi connectivity index (χ0v) is 16.2. The summed E-state index contributed by atoms with van der Waals surface area (Å²) in [5.41, 5.74) is 2.51. The van der Waals surface area contributed by atoms with Crippen LogP contribution in [0.2, 0.25) is 0 Å². The molecule has 0 aromatic heterocycles. The van der Waals surface area contributed by atoms with Crippen molar-refractivity contribution < 1.29 is 19.4 Å². The van der Waals surface area contributed by atoms with Crippen LogP contribution in [0, 0.1) is 6.92 Å². The van der Waals surface area contributed by atoms with E-state index in [1.54, 1.807) is 12.1 Å². The molecule has 5 heteroatoms. The molecule has 0 bridgehead atoms. The smallest absolute Gasteiger partial charge is 0.295 e. The molecular weight excluding hydrogens is 354 g/mol. The summed E-state index contributed by atoms with van der Waals surface area (Å²) < 4.78 is 5.37. The molecule has 28 heavy (non-hydrogen) atoms. The van der Waals surface area contributed by atoms with Crippen molar-refractivity contribution in [3.8, 4) is 0 Å². The van der Waals surface area contributed by atoms with Gasteiger partial charge in [0.15, 0.2) is 0 Å². The first-order valence-electron chi connectivity index (χ1n) is 9.52. The molecular formula is C23H25NO4. The van der Waals surface area contributed by atoms with E-state index in [9.17, 15) is 14.7 Å². The van der Waals surface area contributed by atoms with Gasteiger partial charge < -0.3 is 14.7 Å². The highest BCUT2D eigenvalue weighted by Crippen LogP contribution is 2.39. The Kier molecular flexibility index (Phi) is 6.26. The first-order valence-corrected chi connectivity index (χ1v) is 9.52. The molecule has 2 aromatic carbocycles. The summed E-state index contributed by atoms with van der Waals surface area (Å²) in [6.45, 7) is 5.37. The number of aliphatic hydroxyl groups is 1. The SMILES string of the molecule is CCOCCCN1C(=O)C(=O)C(=C(O)c2ccc(C)cc2)[C@@H]1c1ccccc1. The molecule has 1 heterocycles. The predicted molar refractivity (Wildman–Crippen MR) is 108 cm³/mol. The van der Waals surface area contributed by atoms with Crippen LogP contribution in [0.4, 0.5) is 0 Å². The summed E-state index contributed by atoms with van der Waals surface area (Å²) in [6, 6.07) is 16.0. The summed E-state index contributed by atoms with van der Waals surface area (Å²) in [5.74, 6) is -1.37. The summed E-state index contributed by atoms with van der Waals surface area (Å²) in [4.78, 5) is 27.1. The Morgan fingerprint density at radius 1 is 1.07 bits per heavy atom. The monoisotopic (exact) mass is 379 g/mol. The van der Waals surface area contributed by atoms with E-state index in [-0.39, 0.29) is 11.3 Å². The van der Waals surface area contributed by atoms with Gasteiger partial charge in [-0.2, -0.15) is 0 Å². The van der Waals surface area contributed by atoms with E-state index in [1.807, 2.05) is 56.3 Å². The summed E-state index contributed by atoms with van der Waals surface area (Å²) in [6.07, 6.45) is 0.620. The minimum atomic E-state index is -0.650. The van der Waals surface area contributed by atoms with Gasteiger partial charge in [0.25, 0.3) is 11.7 Å². The van der Waals surface area contributed by atoms with Crippen molar-refractivity contribution in [2.24, 2.45) is 0 Å². The number of aryl methyl sites for hydroxylation is 1. The van der Waals surface area contributed by atoms with Crippen LogP contribution in [-0.2, 0) is 14.3 Å². The number of rotatable bonds is 7. The second-order valence-electron chi connectivity index (χ2n) is 6.82. The molecule has 0 aliphatic carbocycles. The van der Waals surface area contributed by atoms with E-state index >= 15 is 0 Å². The lowest BCUT2D eigenvalue weighted by Crippen LogP contribution is -2.31. The average Bonchev–Trinajstić information content (AvgIpc) is 2.97. The van der Waals surface area contributed by atoms with Gasteiger partial charge in [0.2, 0.25) is 0 Å². The van der Waals surface area contributed by atoms with Crippen molar-refractivity contribution in [3.05, 3.63) is 76.9 Å². The van der Waals surface area contributed by atoms with Crippen LogP contribution in [0.5, 0.6) is 0 Å². The fourth-order valence-electron chi connectivity index (χ4n) is 3.44. The lowest BCUT2D eigenvalue weighted by Gasteiger charge is -2.25. The Hall–Kier alpha value is -2.92. The number of aliphatic hydroxyl groups excluding tert-OH is 1. The van der Waals surface area contributed by atoms with Crippen molar-refractivity contribution in [2.75, 3.05) is 19.8 Å². The maximum atomic E-state index is 12.8. The highest BCUT2D eigenvalue weighted by molar-refractivity contribution is 6.46. The van der Waals surface area contributed by atoms with Crippen LogP contribution < -0.4 is 0 Å². The fraction of sp³-hybridized carbons (Fsp3) is 0.304. The number of ether oxygens (including phenoxy) is 1. The van der Waals surface area contributed by atoms with Gasteiger partial charge in [-0.05, 0) is 25.8 Å². The number of amides is 1. The minimum absolute atomic E-state index is 0.136. The van der Waals surface area contributed by atoms with Gasteiger partial charge in [-0.15, -0.1) is 0 Å². The van der Waals surface area contributed by atoms with E-state index in [1.165, 1.54) is 4.90 Å². The number of hydrogen-bond donors (Lipinski definition) is 1. The Morgan fingerprint density at radius 2 is 1.75 bits per heavy atom. The zero-order chi connectivity index (χ0) is 20.1. The average molecular weight is 379 g/mol. The highest BCUT2D eigenvalue weighted by atomic mass is 16.5. The molecule has 1 saturated heterocycles. The first kappa shape index (κ1) is 19.8. The van der Waals surface area contributed by atoms with Crippen molar-refractivity contribution in [1.29, 1.82) is 0 Å². The Bertz CT molecular complexity index is 871. The Morgan fingerprint density at radius 3 is 2.39 bits per heavy atom. The molecule has 5 nitrogen and oxygen atoms in total. The number of nitrogens with zero attached hydrogens (tertiary/aromatic N) is 1. The lowest BCUT2D eigenvalue weighted by atomic mass is 9.95. The standard InChI is InChI=1S/C23H25NO4/c1-3-28-15-7-14-24-20(17-8-5-4-6-9-17)19(22(26)23(24)27)21(25)18-12-10-16(2)11-13-18/h4-6,8-13,20,25H,3,7,14-15H2,1-2H3/t20-/m0/s1. The number of carbonyl (C=O) groups is 2. The molecule has 1 fully saturated rings. The fourth-order valence-corrected chi connectivity index (χ4v) is 3.44. The molecule has 0 radical (unpaired) electrons. The van der Waals surface area contributed by atoms with Crippen LogP contribution in [0.1, 0.15) is 36.1 Å². The highest BCUT2D eigenvalue weighted by Gasteiger charge is 2.45. The number of hydrogen-bond acceptors (Lipinski definition) is 4. The van der Waals surface area contributed by atoms with Gasteiger partial charge in [0, 0.05) is 25.3 Å². The molecule has 0 saturated carbocycles. The summed E-state index contributed by atoms with van der Waals surface area (Å²) in [7, 11) is 0. The number of ketones is 1. The Labute approximate surface area is 165 Å². The molecule has 2 aromatic rings. The molecule has 0 spiro atoms. The third-order valence-corrected chi connectivity index (χ3v) is 4.87. The van der Waals surface area contributed by atoms with Crippen molar-refractivity contribution in [1.82, 2.24) is 4.90 Å². The van der Waals surface area contributed by atoms with Gasteiger partial charge in [0.1, 0.15) is 5.76 Å². The molecule has 1 amide bonds. The second-order valence-corrected chi connectivity index (χ2v) is 6.82. The largest absolute Gasteiger partial charge is 0.507 e. The quantitative estimate of drug-likeness (QED) is 0.343. The van der Waals surface area contributed by atoms with E-state index in [0.717, 1.165) is 11.1 Å². The van der Waals surface area contributed by atoms with Crippen molar-refractivity contribution >= 4 is 17.4 Å². The lowest BCUT2D eigenvalue weighted by molar-refractivity contribution is -0.140. The van der Waals surface area contributed by atoms with Crippen molar-refractivity contribution in [2.45, 2.75) is 26.3 Å². The summed E-state index contributed by atoms with van der Waals surface area (Å²) >= 11 is 0. The molecule has 1 aliphatic heterocycles. The minimum Gasteiger partial charge on any atom is -0.507 e.